The summed E-state index contributed by atoms with van der Waals surface area (Å²) in [4.78, 5) is 0.589. The fraction of sp³-hybridized carbons (Fsp3) is 0.167. The molecule has 1 aromatic heterocycles. The summed E-state index contributed by atoms with van der Waals surface area (Å²) in [5, 5.41) is 10.1. The predicted octanol–water partition coefficient (Wildman–Crippen LogP) is 5.14. The zero-order valence-electron chi connectivity index (χ0n) is 9.62. The van der Waals surface area contributed by atoms with Crippen LogP contribution in [-0.4, -0.2) is 11.5 Å². The summed E-state index contributed by atoms with van der Waals surface area (Å²) in [6.45, 7) is 0. The summed E-state index contributed by atoms with van der Waals surface area (Å²) in [6.07, 6.45) is -5.68. The molecule has 1 atom stereocenters. The lowest BCUT2D eigenvalue weighted by Gasteiger charge is -2.11. The van der Waals surface area contributed by atoms with Crippen LogP contribution in [0.1, 0.15) is 16.5 Å². The predicted molar refractivity (Wildman–Crippen MR) is 74.2 cm³/mol. The fourth-order valence-electron chi connectivity index (χ4n) is 1.51. The molecule has 8 heteroatoms. The van der Waals surface area contributed by atoms with Gasteiger partial charge in [-0.2, -0.15) is 0 Å². The van der Waals surface area contributed by atoms with Crippen molar-refractivity contribution in [3.05, 3.63) is 49.6 Å². The van der Waals surface area contributed by atoms with Crippen LogP contribution in [0.15, 0.2) is 34.8 Å². The number of rotatable bonds is 3. The van der Waals surface area contributed by atoms with E-state index in [1.54, 1.807) is 6.07 Å². The first-order valence-electron chi connectivity index (χ1n) is 5.25. The highest BCUT2D eigenvalue weighted by Gasteiger charge is 2.31. The largest absolute Gasteiger partial charge is 0.573 e. The van der Waals surface area contributed by atoms with Crippen LogP contribution in [0.5, 0.6) is 5.75 Å². The van der Waals surface area contributed by atoms with E-state index in [0.717, 1.165) is 12.1 Å². The van der Waals surface area contributed by atoms with Crippen LogP contribution in [0, 0.1) is 0 Å². The summed E-state index contributed by atoms with van der Waals surface area (Å²) in [5.41, 5.74) is 0.449. The van der Waals surface area contributed by atoms with Crippen LogP contribution in [0.4, 0.5) is 13.2 Å². The quantitative estimate of drug-likeness (QED) is 0.790. The smallest absolute Gasteiger partial charge is 0.406 e. The molecule has 1 aromatic carbocycles. The third kappa shape index (κ3) is 3.88. The molecule has 0 saturated heterocycles. The molecule has 0 fully saturated rings. The molecule has 20 heavy (non-hydrogen) atoms. The van der Waals surface area contributed by atoms with E-state index >= 15 is 0 Å². The topological polar surface area (TPSA) is 29.5 Å². The molecule has 108 valence electrons. The van der Waals surface area contributed by atoms with Crippen LogP contribution < -0.4 is 4.74 Å². The lowest BCUT2D eigenvalue weighted by Crippen LogP contribution is -2.17. The maximum absolute atomic E-state index is 12.0. The summed E-state index contributed by atoms with van der Waals surface area (Å²) in [7, 11) is 0. The molecule has 0 radical (unpaired) electrons. The fourth-order valence-corrected chi connectivity index (χ4v) is 3.26. The molecular formula is C12H7BrClF3O2S. The molecule has 2 aromatic rings. The maximum atomic E-state index is 12.0. The number of halogens is 5. The Kier molecular flexibility index (Phi) is 4.63. The number of hydrogen-bond acceptors (Lipinski definition) is 3. The molecule has 1 heterocycles. The number of ether oxygens (including phenoxy) is 1. The van der Waals surface area contributed by atoms with E-state index in [9.17, 15) is 18.3 Å². The van der Waals surface area contributed by atoms with Gasteiger partial charge in [-0.25, -0.2) is 0 Å². The van der Waals surface area contributed by atoms with Gasteiger partial charge in [-0.15, -0.1) is 24.5 Å². The first-order valence-corrected chi connectivity index (χ1v) is 7.23. The van der Waals surface area contributed by atoms with Crippen molar-refractivity contribution in [3.63, 3.8) is 0 Å². The van der Waals surface area contributed by atoms with Crippen molar-refractivity contribution in [2.45, 2.75) is 12.5 Å². The lowest BCUT2D eigenvalue weighted by molar-refractivity contribution is -0.274. The van der Waals surface area contributed by atoms with E-state index < -0.39 is 12.5 Å². The van der Waals surface area contributed by atoms with Crippen molar-refractivity contribution in [3.8, 4) is 5.75 Å². The Morgan fingerprint density at radius 3 is 2.30 bits per heavy atom. The van der Waals surface area contributed by atoms with E-state index in [1.807, 2.05) is 0 Å². The number of aliphatic hydroxyl groups is 1. The molecule has 0 bridgehead atoms. The van der Waals surface area contributed by atoms with E-state index in [1.165, 1.54) is 23.5 Å². The Labute approximate surface area is 129 Å². The molecule has 1 N–H and O–H groups in total. The van der Waals surface area contributed by atoms with Crippen molar-refractivity contribution in [1.82, 2.24) is 0 Å². The summed E-state index contributed by atoms with van der Waals surface area (Å²) in [6, 6.07) is 6.70. The zero-order valence-corrected chi connectivity index (χ0v) is 12.8. The van der Waals surface area contributed by atoms with Crippen molar-refractivity contribution >= 4 is 38.9 Å². The molecule has 2 rings (SSSR count). The molecule has 2 nitrogen and oxygen atoms in total. The van der Waals surface area contributed by atoms with E-state index in [2.05, 4.69) is 20.7 Å². The maximum Gasteiger partial charge on any atom is 0.573 e. The Morgan fingerprint density at radius 1 is 1.25 bits per heavy atom. The van der Waals surface area contributed by atoms with Crippen molar-refractivity contribution in [1.29, 1.82) is 0 Å². The van der Waals surface area contributed by atoms with Gasteiger partial charge >= 0.3 is 6.36 Å². The van der Waals surface area contributed by atoms with Gasteiger partial charge in [0.05, 0.1) is 0 Å². The van der Waals surface area contributed by atoms with Gasteiger partial charge < -0.3 is 9.84 Å². The highest BCUT2D eigenvalue weighted by molar-refractivity contribution is 9.10. The van der Waals surface area contributed by atoms with Crippen molar-refractivity contribution in [2.24, 2.45) is 0 Å². The van der Waals surface area contributed by atoms with E-state index in [0.29, 0.717) is 19.2 Å². The van der Waals surface area contributed by atoms with Gasteiger partial charge in [0.15, 0.2) is 0 Å². The number of aliphatic hydroxyl groups excluding tert-OH is 1. The third-order valence-corrected chi connectivity index (χ3v) is 4.89. The van der Waals surface area contributed by atoms with Gasteiger partial charge in [0, 0.05) is 9.35 Å². The van der Waals surface area contributed by atoms with Gasteiger partial charge in [-0.3, -0.25) is 0 Å². The van der Waals surface area contributed by atoms with Crippen LogP contribution in [0.25, 0.3) is 0 Å². The standard InChI is InChI=1S/C12H7BrClF3O2S/c13-8-5-9(20-11(8)14)10(18)6-1-3-7(4-2-6)19-12(15,16)17/h1-5,10,18H. The highest BCUT2D eigenvalue weighted by Crippen LogP contribution is 2.37. The number of benzene rings is 1. The van der Waals surface area contributed by atoms with Gasteiger partial charge in [-0.05, 0) is 39.7 Å². The monoisotopic (exact) mass is 386 g/mol. The minimum absolute atomic E-state index is 0.334. The van der Waals surface area contributed by atoms with Crippen LogP contribution >= 0.6 is 38.9 Å². The second-order valence-electron chi connectivity index (χ2n) is 3.79. The lowest BCUT2D eigenvalue weighted by atomic mass is 10.1. The van der Waals surface area contributed by atoms with Crippen LogP contribution in [-0.2, 0) is 0 Å². The van der Waals surface area contributed by atoms with E-state index in [4.69, 9.17) is 11.6 Å². The summed E-state index contributed by atoms with van der Waals surface area (Å²) in [5.74, 6) is -0.334. The first-order chi connectivity index (χ1) is 9.26. The Hall–Kier alpha value is -0.760. The summed E-state index contributed by atoms with van der Waals surface area (Å²) >= 11 is 10.3. The summed E-state index contributed by atoms with van der Waals surface area (Å²) < 4.78 is 41.0. The van der Waals surface area contributed by atoms with Gasteiger partial charge in [-0.1, -0.05) is 23.7 Å². The SMILES string of the molecule is OC(c1ccc(OC(F)(F)F)cc1)c1cc(Br)c(Cl)s1. The first kappa shape index (κ1) is 15.6. The Bertz CT molecular complexity index is 578. The normalized spacial score (nSPS) is 13.3. The van der Waals surface area contributed by atoms with Crippen molar-refractivity contribution in [2.75, 3.05) is 0 Å². The van der Waals surface area contributed by atoms with Gasteiger partial charge in [0.1, 0.15) is 16.2 Å². The van der Waals surface area contributed by atoms with Crippen molar-refractivity contribution < 1.29 is 23.0 Å². The van der Waals surface area contributed by atoms with Crippen LogP contribution in [0.2, 0.25) is 4.34 Å². The number of alkyl halides is 3. The molecule has 0 amide bonds. The van der Waals surface area contributed by atoms with Crippen LogP contribution in [0.3, 0.4) is 0 Å². The van der Waals surface area contributed by atoms with Gasteiger partial charge in [0.25, 0.3) is 0 Å². The molecule has 0 aliphatic rings. The second kappa shape index (κ2) is 5.93. The number of thiophene rings is 1. The molecule has 1 unspecified atom stereocenters. The third-order valence-electron chi connectivity index (χ3n) is 2.36. The van der Waals surface area contributed by atoms with Gasteiger partial charge in [0.2, 0.25) is 0 Å². The minimum atomic E-state index is -4.73. The Morgan fingerprint density at radius 2 is 1.85 bits per heavy atom. The average Bonchev–Trinajstić information content (AvgIpc) is 2.68. The zero-order chi connectivity index (χ0) is 14.9. The molecular weight excluding hydrogens is 381 g/mol. The highest BCUT2D eigenvalue weighted by atomic mass is 79.9. The molecule has 0 spiro atoms. The second-order valence-corrected chi connectivity index (χ2v) is 6.33. The molecule has 0 aliphatic heterocycles. The number of hydrogen-bond donors (Lipinski definition) is 1. The molecule has 0 aliphatic carbocycles. The minimum Gasteiger partial charge on any atom is -0.406 e. The molecule has 0 saturated carbocycles. The Balaban J connectivity index is 2.17. The van der Waals surface area contributed by atoms with E-state index in [-0.39, 0.29) is 5.75 Å². The average molecular weight is 388 g/mol.